The molecular weight excluding hydrogens is 224 g/mol. The van der Waals surface area contributed by atoms with Gasteiger partial charge >= 0.3 is 0 Å². The van der Waals surface area contributed by atoms with Crippen molar-refractivity contribution in [2.24, 2.45) is 5.18 Å². The van der Waals surface area contributed by atoms with Crippen molar-refractivity contribution < 1.29 is 4.74 Å². The summed E-state index contributed by atoms with van der Waals surface area (Å²) < 4.78 is 5.53. The maximum atomic E-state index is 10.6. The lowest BCUT2D eigenvalue weighted by atomic mass is 10.2. The summed E-state index contributed by atoms with van der Waals surface area (Å²) in [5.74, 6) is 0.517. The average Bonchev–Trinajstić information content (AvgIpc) is 2.79. The van der Waals surface area contributed by atoms with Crippen molar-refractivity contribution in [2.45, 2.75) is 13.5 Å². The van der Waals surface area contributed by atoms with Crippen LogP contribution in [0.2, 0.25) is 0 Å². The van der Waals surface area contributed by atoms with Crippen LogP contribution in [0.15, 0.2) is 35.1 Å². The molecule has 0 atom stereocenters. The number of thiazole rings is 1. The monoisotopic (exact) mass is 234 g/mol. The highest BCUT2D eigenvalue weighted by atomic mass is 32.1. The number of hydrogen-bond acceptors (Lipinski definition) is 5. The van der Waals surface area contributed by atoms with Gasteiger partial charge in [0.15, 0.2) is 0 Å². The number of ether oxygens (including phenoxy) is 1. The number of benzene rings is 1. The number of aryl methyl sites for hydroxylation is 1. The number of nitrogens with zero attached hydrogens (tertiary/aromatic N) is 2. The molecule has 0 saturated carbocycles. The lowest BCUT2D eigenvalue weighted by molar-refractivity contribution is 0.310. The van der Waals surface area contributed by atoms with Crippen LogP contribution in [0.3, 0.4) is 0 Å². The summed E-state index contributed by atoms with van der Waals surface area (Å²) in [6, 6.07) is 5.29. The van der Waals surface area contributed by atoms with E-state index in [-0.39, 0.29) is 0 Å². The second-order valence-corrected chi connectivity index (χ2v) is 4.29. The van der Waals surface area contributed by atoms with E-state index >= 15 is 0 Å². The smallest absolute Gasteiger partial charge is 0.149 e. The fourth-order valence-corrected chi connectivity index (χ4v) is 1.78. The van der Waals surface area contributed by atoms with E-state index in [1.807, 2.05) is 13.0 Å². The van der Waals surface area contributed by atoms with E-state index in [4.69, 9.17) is 4.74 Å². The SMILES string of the molecule is Cc1ccc(N=O)c(OCc2cncs2)c1. The molecule has 1 heterocycles. The van der Waals surface area contributed by atoms with Gasteiger partial charge in [-0.05, 0) is 29.8 Å². The second kappa shape index (κ2) is 4.85. The van der Waals surface area contributed by atoms with Gasteiger partial charge in [-0.25, -0.2) is 0 Å². The Kier molecular flexibility index (Phi) is 3.26. The van der Waals surface area contributed by atoms with Crippen molar-refractivity contribution in [3.05, 3.63) is 45.3 Å². The van der Waals surface area contributed by atoms with Crippen LogP contribution in [0.5, 0.6) is 5.75 Å². The molecule has 4 nitrogen and oxygen atoms in total. The van der Waals surface area contributed by atoms with Gasteiger partial charge in [0.25, 0.3) is 0 Å². The number of nitroso groups, excluding NO2 is 1. The lowest BCUT2D eigenvalue weighted by Crippen LogP contribution is -1.93. The summed E-state index contributed by atoms with van der Waals surface area (Å²) >= 11 is 1.51. The Morgan fingerprint density at radius 3 is 3.06 bits per heavy atom. The minimum Gasteiger partial charge on any atom is -0.486 e. The summed E-state index contributed by atoms with van der Waals surface area (Å²) in [7, 11) is 0. The molecule has 2 rings (SSSR count). The van der Waals surface area contributed by atoms with Crippen molar-refractivity contribution in [3.63, 3.8) is 0 Å². The number of hydrogen-bond donors (Lipinski definition) is 0. The topological polar surface area (TPSA) is 51.5 Å². The Hall–Kier alpha value is -1.75. The quantitative estimate of drug-likeness (QED) is 0.761. The first-order valence-electron chi connectivity index (χ1n) is 4.74. The second-order valence-electron chi connectivity index (χ2n) is 3.32. The molecule has 82 valence electrons. The van der Waals surface area contributed by atoms with Crippen LogP contribution >= 0.6 is 11.3 Å². The first-order valence-corrected chi connectivity index (χ1v) is 5.62. The van der Waals surface area contributed by atoms with Crippen molar-refractivity contribution >= 4 is 17.0 Å². The molecule has 0 amide bonds. The summed E-state index contributed by atoms with van der Waals surface area (Å²) in [6.45, 7) is 2.35. The lowest BCUT2D eigenvalue weighted by Gasteiger charge is -2.06. The average molecular weight is 234 g/mol. The molecule has 1 aromatic heterocycles. The molecule has 5 heteroatoms. The minimum atomic E-state index is 0.329. The van der Waals surface area contributed by atoms with Gasteiger partial charge in [0.1, 0.15) is 18.0 Å². The van der Waals surface area contributed by atoms with Gasteiger partial charge in [-0.15, -0.1) is 16.2 Å². The van der Waals surface area contributed by atoms with Crippen LogP contribution < -0.4 is 4.74 Å². The molecule has 0 N–H and O–H groups in total. The molecule has 0 aliphatic carbocycles. The van der Waals surface area contributed by atoms with Crippen LogP contribution in [-0.2, 0) is 6.61 Å². The van der Waals surface area contributed by atoms with Crippen LogP contribution in [0.4, 0.5) is 5.69 Å². The molecule has 1 aromatic carbocycles. The van der Waals surface area contributed by atoms with Gasteiger partial charge in [-0.3, -0.25) is 4.98 Å². The highest BCUT2D eigenvalue weighted by Crippen LogP contribution is 2.29. The van der Waals surface area contributed by atoms with Crippen molar-refractivity contribution in [2.75, 3.05) is 0 Å². The zero-order chi connectivity index (χ0) is 11.4. The highest BCUT2D eigenvalue weighted by molar-refractivity contribution is 7.09. The molecule has 0 aliphatic heterocycles. The predicted octanol–water partition coefficient (Wildman–Crippen LogP) is 3.43. The summed E-state index contributed by atoms with van der Waals surface area (Å²) in [5, 5.41) is 2.92. The standard InChI is InChI=1S/C11H10N2O2S/c1-8-2-3-10(13-14)11(4-8)15-6-9-5-12-7-16-9/h2-5,7H,6H2,1H3. The third-order valence-electron chi connectivity index (χ3n) is 2.07. The Morgan fingerprint density at radius 1 is 1.50 bits per heavy atom. The minimum absolute atomic E-state index is 0.329. The van der Waals surface area contributed by atoms with E-state index in [9.17, 15) is 4.91 Å². The Labute approximate surface area is 96.9 Å². The molecule has 0 spiro atoms. The highest BCUT2D eigenvalue weighted by Gasteiger charge is 2.05. The van der Waals surface area contributed by atoms with Gasteiger partial charge in [0.05, 0.1) is 10.4 Å². The van der Waals surface area contributed by atoms with Gasteiger partial charge < -0.3 is 4.74 Å². The Balaban J connectivity index is 2.14. The molecule has 0 unspecified atom stereocenters. The van der Waals surface area contributed by atoms with Crippen molar-refractivity contribution in [1.82, 2.24) is 4.98 Å². The summed E-state index contributed by atoms with van der Waals surface area (Å²) in [4.78, 5) is 15.5. The van der Waals surface area contributed by atoms with E-state index in [0.717, 1.165) is 10.4 Å². The first kappa shape index (κ1) is 10.8. The van der Waals surface area contributed by atoms with Gasteiger partial charge in [0, 0.05) is 6.20 Å². The molecule has 0 fully saturated rings. The maximum absolute atomic E-state index is 10.6. The normalized spacial score (nSPS) is 10.1. The molecule has 0 aliphatic rings. The molecule has 0 radical (unpaired) electrons. The van der Waals surface area contributed by atoms with E-state index in [0.29, 0.717) is 18.0 Å². The first-order chi connectivity index (χ1) is 7.79. The summed E-state index contributed by atoms with van der Waals surface area (Å²) in [6.07, 6.45) is 1.74. The summed E-state index contributed by atoms with van der Waals surface area (Å²) in [5.41, 5.74) is 3.11. The van der Waals surface area contributed by atoms with Crippen molar-refractivity contribution in [3.8, 4) is 5.75 Å². The van der Waals surface area contributed by atoms with Gasteiger partial charge in [-0.1, -0.05) is 6.07 Å². The Morgan fingerprint density at radius 2 is 2.38 bits per heavy atom. The zero-order valence-electron chi connectivity index (χ0n) is 8.71. The molecule has 16 heavy (non-hydrogen) atoms. The largest absolute Gasteiger partial charge is 0.486 e. The Bertz CT molecular complexity index is 483. The fraction of sp³-hybridized carbons (Fsp3) is 0.182. The van der Waals surface area contributed by atoms with E-state index < -0.39 is 0 Å². The predicted molar refractivity (Wildman–Crippen MR) is 63.1 cm³/mol. The van der Waals surface area contributed by atoms with Crippen LogP contribution in [0, 0.1) is 11.8 Å². The zero-order valence-corrected chi connectivity index (χ0v) is 9.53. The number of aromatic nitrogens is 1. The van der Waals surface area contributed by atoms with E-state index in [2.05, 4.69) is 10.2 Å². The molecule has 2 aromatic rings. The fourth-order valence-electron chi connectivity index (χ4n) is 1.27. The maximum Gasteiger partial charge on any atom is 0.149 e. The van der Waals surface area contributed by atoms with E-state index in [1.54, 1.807) is 23.8 Å². The van der Waals surface area contributed by atoms with Crippen LogP contribution in [0.1, 0.15) is 10.4 Å². The van der Waals surface area contributed by atoms with E-state index in [1.165, 1.54) is 11.3 Å². The van der Waals surface area contributed by atoms with Crippen LogP contribution in [-0.4, -0.2) is 4.98 Å². The van der Waals surface area contributed by atoms with Gasteiger partial charge in [0.2, 0.25) is 0 Å². The van der Waals surface area contributed by atoms with Gasteiger partial charge in [-0.2, -0.15) is 0 Å². The third-order valence-corrected chi connectivity index (χ3v) is 2.82. The number of rotatable bonds is 4. The third kappa shape index (κ3) is 2.43. The molecule has 0 bridgehead atoms. The molecular formula is C11H10N2O2S. The van der Waals surface area contributed by atoms with Crippen molar-refractivity contribution in [1.29, 1.82) is 0 Å². The molecule has 0 saturated heterocycles. The van der Waals surface area contributed by atoms with Crippen LogP contribution in [0.25, 0.3) is 0 Å².